The van der Waals surface area contributed by atoms with Crippen LogP contribution in [-0.2, 0) is 19.8 Å². The number of aliphatic imine (C=N–C) groups is 1. The molecule has 0 bridgehead atoms. The van der Waals surface area contributed by atoms with Crippen LogP contribution in [0.5, 0.6) is 0 Å². The third-order valence-corrected chi connectivity index (χ3v) is 4.62. The second-order valence-corrected chi connectivity index (χ2v) is 6.68. The number of nitrogens with one attached hydrogen (secondary N) is 1. The van der Waals surface area contributed by atoms with Gasteiger partial charge in [-0.1, -0.05) is 13.8 Å². The predicted octanol–water partition coefficient (Wildman–Crippen LogP) is 3.03. The van der Waals surface area contributed by atoms with Crippen molar-refractivity contribution >= 4 is 5.96 Å². The molecule has 136 valence electrons. The van der Waals surface area contributed by atoms with Crippen molar-refractivity contribution in [2.45, 2.75) is 46.3 Å². The molecule has 1 unspecified atom stereocenters. The van der Waals surface area contributed by atoms with Crippen molar-refractivity contribution in [1.82, 2.24) is 20.0 Å². The Morgan fingerprint density at radius 2 is 2.12 bits per heavy atom. The molecule has 1 fully saturated rings. The topological polar surface area (TPSA) is 45.5 Å². The van der Waals surface area contributed by atoms with E-state index in [0.29, 0.717) is 12.5 Å². The maximum atomic E-state index is 13.0. The zero-order chi connectivity index (χ0) is 18.0. The number of rotatable bonds is 4. The summed E-state index contributed by atoms with van der Waals surface area (Å²) in [5.74, 6) is 0.673. The van der Waals surface area contributed by atoms with Crippen LogP contribution in [0, 0.1) is 5.41 Å². The van der Waals surface area contributed by atoms with Gasteiger partial charge in [0.2, 0.25) is 0 Å². The first-order chi connectivity index (χ1) is 11.2. The monoisotopic (exact) mass is 345 g/mol. The zero-order valence-corrected chi connectivity index (χ0v) is 14.7. The van der Waals surface area contributed by atoms with Crippen LogP contribution in [-0.4, -0.2) is 40.3 Å². The highest BCUT2D eigenvalue weighted by atomic mass is 19.4. The van der Waals surface area contributed by atoms with Gasteiger partial charge in [-0.05, 0) is 25.2 Å². The lowest BCUT2D eigenvalue weighted by molar-refractivity contribution is -0.142. The van der Waals surface area contributed by atoms with Gasteiger partial charge in [-0.15, -0.1) is 0 Å². The molecule has 8 heteroatoms. The molecule has 1 aromatic rings. The Hall–Kier alpha value is -1.73. The molecule has 1 aliphatic rings. The molecule has 0 saturated carbocycles. The van der Waals surface area contributed by atoms with Gasteiger partial charge in [-0.2, -0.15) is 18.3 Å². The number of likely N-dealkylation sites (tertiary alicyclic amines) is 1. The minimum Gasteiger partial charge on any atom is -0.357 e. The first-order valence-electron chi connectivity index (χ1n) is 8.31. The summed E-state index contributed by atoms with van der Waals surface area (Å²) in [7, 11) is 1.49. The standard InChI is InChI=1S/C16H26F3N5/c1-5-15(3)7-8-24(11-15)14(20-6-2)21-9-12-10-23(4)22-13(12)16(17,18)19/h10H,5-9,11H2,1-4H3,(H,20,21). The summed E-state index contributed by atoms with van der Waals surface area (Å²) in [4.78, 5) is 6.57. The van der Waals surface area contributed by atoms with Crippen LogP contribution in [0.1, 0.15) is 44.9 Å². The van der Waals surface area contributed by atoms with Crippen LogP contribution < -0.4 is 5.32 Å². The van der Waals surface area contributed by atoms with E-state index in [2.05, 4.69) is 34.2 Å². The average Bonchev–Trinajstić information content (AvgIpc) is 3.07. The highest BCUT2D eigenvalue weighted by Crippen LogP contribution is 2.33. The van der Waals surface area contributed by atoms with Crippen molar-refractivity contribution in [2.24, 2.45) is 17.5 Å². The molecular formula is C16H26F3N5. The van der Waals surface area contributed by atoms with Crippen LogP contribution in [0.25, 0.3) is 0 Å². The number of aromatic nitrogens is 2. The number of hydrogen-bond acceptors (Lipinski definition) is 2. The third kappa shape index (κ3) is 4.21. The molecule has 1 aromatic heterocycles. The van der Waals surface area contributed by atoms with Gasteiger partial charge in [0.25, 0.3) is 0 Å². The summed E-state index contributed by atoms with van der Waals surface area (Å²) in [5.41, 5.74) is -0.524. The number of guanidine groups is 1. The molecule has 1 aliphatic heterocycles. The Balaban J connectivity index is 2.18. The van der Waals surface area contributed by atoms with E-state index >= 15 is 0 Å². The van der Waals surface area contributed by atoms with E-state index in [1.165, 1.54) is 17.9 Å². The highest BCUT2D eigenvalue weighted by molar-refractivity contribution is 5.80. The van der Waals surface area contributed by atoms with Gasteiger partial charge in [0.1, 0.15) is 0 Å². The summed E-state index contributed by atoms with van der Waals surface area (Å²) >= 11 is 0. The Kier molecular flexibility index (Phi) is 5.45. The Morgan fingerprint density at radius 3 is 2.67 bits per heavy atom. The Morgan fingerprint density at radius 1 is 1.42 bits per heavy atom. The van der Waals surface area contributed by atoms with Crippen molar-refractivity contribution in [3.05, 3.63) is 17.5 Å². The first kappa shape index (κ1) is 18.6. The average molecular weight is 345 g/mol. The Bertz CT molecular complexity index is 593. The second-order valence-electron chi connectivity index (χ2n) is 6.68. The molecule has 0 spiro atoms. The summed E-state index contributed by atoms with van der Waals surface area (Å²) in [6, 6.07) is 0. The van der Waals surface area contributed by atoms with Crippen molar-refractivity contribution < 1.29 is 13.2 Å². The lowest BCUT2D eigenvalue weighted by atomic mass is 9.87. The fourth-order valence-electron chi connectivity index (χ4n) is 2.97. The molecule has 0 amide bonds. The van der Waals surface area contributed by atoms with E-state index in [4.69, 9.17) is 0 Å². The largest absolute Gasteiger partial charge is 0.435 e. The predicted molar refractivity (Wildman–Crippen MR) is 87.6 cm³/mol. The quantitative estimate of drug-likeness (QED) is 0.674. The lowest BCUT2D eigenvalue weighted by Gasteiger charge is -2.25. The molecule has 1 atom stereocenters. The van der Waals surface area contributed by atoms with E-state index in [0.717, 1.165) is 25.9 Å². The summed E-state index contributed by atoms with van der Waals surface area (Å²) in [6.45, 7) is 8.74. The normalized spacial score (nSPS) is 22.3. The van der Waals surface area contributed by atoms with Gasteiger partial charge >= 0.3 is 6.18 Å². The molecule has 0 aliphatic carbocycles. The SMILES string of the molecule is CCNC(=NCc1cn(C)nc1C(F)(F)F)N1CCC(C)(CC)C1. The molecule has 0 aromatic carbocycles. The van der Waals surface area contributed by atoms with Gasteiger partial charge in [0, 0.05) is 38.4 Å². The van der Waals surface area contributed by atoms with Crippen LogP contribution in [0.2, 0.25) is 0 Å². The van der Waals surface area contributed by atoms with Crippen LogP contribution >= 0.6 is 0 Å². The minimum absolute atomic E-state index is 0.0373. The molecular weight excluding hydrogens is 319 g/mol. The highest BCUT2D eigenvalue weighted by Gasteiger charge is 2.37. The van der Waals surface area contributed by atoms with Gasteiger partial charge in [0.05, 0.1) is 6.54 Å². The number of hydrogen-bond donors (Lipinski definition) is 1. The van der Waals surface area contributed by atoms with E-state index < -0.39 is 11.9 Å². The molecule has 2 rings (SSSR count). The zero-order valence-electron chi connectivity index (χ0n) is 14.7. The summed E-state index contributed by atoms with van der Waals surface area (Å²) in [5, 5.41) is 6.72. The lowest BCUT2D eigenvalue weighted by Crippen LogP contribution is -2.41. The number of halogens is 3. The van der Waals surface area contributed by atoms with Crippen molar-refractivity contribution in [3.8, 4) is 0 Å². The summed E-state index contributed by atoms with van der Waals surface area (Å²) in [6.07, 6.45) is -0.937. The maximum Gasteiger partial charge on any atom is 0.435 e. The van der Waals surface area contributed by atoms with E-state index in [-0.39, 0.29) is 17.5 Å². The van der Waals surface area contributed by atoms with Crippen LogP contribution in [0.15, 0.2) is 11.2 Å². The van der Waals surface area contributed by atoms with E-state index in [9.17, 15) is 13.2 Å². The molecule has 2 heterocycles. The van der Waals surface area contributed by atoms with Crippen molar-refractivity contribution in [1.29, 1.82) is 0 Å². The van der Waals surface area contributed by atoms with Crippen LogP contribution in [0.4, 0.5) is 13.2 Å². The molecule has 0 radical (unpaired) electrons. The summed E-state index contributed by atoms with van der Waals surface area (Å²) < 4.78 is 40.3. The number of alkyl halides is 3. The van der Waals surface area contributed by atoms with E-state index in [1.807, 2.05) is 6.92 Å². The van der Waals surface area contributed by atoms with Gasteiger partial charge in [-0.25, -0.2) is 4.99 Å². The van der Waals surface area contributed by atoms with E-state index in [1.54, 1.807) is 0 Å². The Labute approximate surface area is 140 Å². The van der Waals surface area contributed by atoms with Crippen molar-refractivity contribution in [2.75, 3.05) is 19.6 Å². The number of aryl methyl sites for hydroxylation is 1. The fraction of sp³-hybridized carbons (Fsp3) is 0.750. The van der Waals surface area contributed by atoms with Gasteiger partial charge in [0.15, 0.2) is 11.7 Å². The molecule has 24 heavy (non-hydrogen) atoms. The van der Waals surface area contributed by atoms with Crippen molar-refractivity contribution in [3.63, 3.8) is 0 Å². The van der Waals surface area contributed by atoms with Crippen LogP contribution in [0.3, 0.4) is 0 Å². The third-order valence-electron chi connectivity index (χ3n) is 4.62. The molecule has 5 nitrogen and oxygen atoms in total. The fourth-order valence-corrected chi connectivity index (χ4v) is 2.97. The number of nitrogens with zero attached hydrogens (tertiary/aromatic N) is 4. The minimum atomic E-state index is -4.46. The maximum absolute atomic E-state index is 13.0. The second kappa shape index (κ2) is 7.03. The smallest absolute Gasteiger partial charge is 0.357 e. The van der Waals surface area contributed by atoms with Gasteiger partial charge < -0.3 is 10.2 Å². The van der Waals surface area contributed by atoms with Gasteiger partial charge in [-0.3, -0.25) is 4.68 Å². The first-order valence-corrected chi connectivity index (χ1v) is 8.31. The molecule has 1 saturated heterocycles. The molecule has 1 N–H and O–H groups in total.